The number of likely N-dealkylation sites (N-methyl/N-ethyl adjacent to an activating group) is 1. The Morgan fingerprint density at radius 3 is 2.67 bits per heavy atom. The third kappa shape index (κ3) is 2.78. The van der Waals surface area contributed by atoms with Crippen LogP contribution in [0.1, 0.15) is 22.4 Å². The Labute approximate surface area is 159 Å². The van der Waals surface area contributed by atoms with Gasteiger partial charge in [-0.1, -0.05) is 11.6 Å². The first-order valence-corrected chi connectivity index (χ1v) is 9.64. The maximum absolute atomic E-state index is 6.21. The van der Waals surface area contributed by atoms with Crippen LogP contribution in [0.25, 0.3) is 10.9 Å². The number of hydrogen-bond acceptors (Lipinski definition) is 4. The van der Waals surface area contributed by atoms with E-state index in [0.29, 0.717) is 19.8 Å². The summed E-state index contributed by atoms with van der Waals surface area (Å²) in [4.78, 5) is 6.55. The Balaban J connectivity index is 1.67. The van der Waals surface area contributed by atoms with E-state index in [0.717, 1.165) is 25.1 Å². The fraction of sp³-hybridized carbons (Fsp3) is 0.409. The second kappa shape index (κ2) is 6.44. The normalized spacial score (nSPS) is 19.5. The molecule has 0 bridgehead atoms. The van der Waals surface area contributed by atoms with Crippen LogP contribution < -0.4 is 0 Å². The van der Waals surface area contributed by atoms with Gasteiger partial charge in [0.1, 0.15) is 0 Å². The van der Waals surface area contributed by atoms with Gasteiger partial charge < -0.3 is 18.9 Å². The van der Waals surface area contributed by atoms with E-state index in [2.05, 4.69) is 46.6 Å². The Morgan fingerprint density at radius 1 is 1.11 bits per heavy atom. The number of aromatic nitrogens is 2. The molecular formula is C22H25N3O2. The second-order valence-electron chi connectivity index (χ2n) is 7.71. The fourth-order valence-electron chi connectivity index (χ4n) is 4.49. The molecule has 0 aliphatic carbocycles. The summed E-state index contributed by atoms with van der Waals surface area (Å²) in [5.74, 6) is -0.746. The Morgan fingerprint density at radius 2 is 1.89 bits per heavy atom. The lowest BCUT2D eigenvalue weighted by molar-refractivity contribution is -0.175. The Bertz CT molecular complexity index is 974. The van der Waals surface area contributed by atoms with E-state index in [1.807, 2.05) is 24.5 Å². The van der Waals surface area contributed by atoms with Gasteiger partial charge in [-0.05, 0) is 50.2 Å². The number of benzene rings is 1. The number of rotatable bonds is 3. The predicted molar refractivity (Wildman–Crippen MR) is 105 cm³/mol. The molecule has 0 amide bonds. The predicted octanol–water partition coefficient (Wildman–Crippen LogP) is 3.23. The SMILES string of the molecule is Cc1ccc2c(c1)c1c(n2CC2(c3ccncc3)OCCO2)CN(C)CC1. The van der Waals surface area contributed by atoms with Crippen LogP contribution in [-0.4, -0.2) is 41.3 Å². The average molecular weight is 363 g/mol. The van der Waals surface area contributed by atoms with E-state index in [9.17, 15) is 0 Å². The van der Waals surface area contributed by atoms with Crippen LogP contribution in [0.15, 0.2) is 42.7 Å². The minimum atomic E-state index is -0.746. The quantitative estimate of drug-likeness (QED) is 0.716. The van der Waals surface area contributed by atoms with Crippen molar-refractivity contribution in [3.8, 4) is 0 Å². The van der Waals surface area contributed by atoms with Gasteiger partial charge in [0.25, 0.3) is 0 Å². The van der Waals surface area contributed by atoms with Crippen molar-refractivity contribution in [3.05, 3.63) is 65.1 Å². The number of nitrogens with zero attached hydrogens (tertiary/aromatic N) is 3. The maximum Gasteiger partial charge on any atom is 0.213 e. The number of ether oxygens (including phenoxy) is 2. The molecule has 140 valence electrons. The van der Waals surface area contributed by atoms with Crippen molar-refractivity contribution in [2.24, 2.45) is 0 Å². The minimum absolute atomic E-state index is 0.614. The highest BCUT2D eigenvalue weighted by Gasteiger charge is 2.40. The van der Waals surface area contributed by atoms with Gasteiger partial charge in [0.05, 0.1) is 19.8 Å². The van der Waals surface area contributed by atoms with Gasteiger partial charge in [0.2, 0.25) is 5.79 Å². The molecular weight excluding hydrogens is 338 g/mol. The first-order valence-electron chi connectivity index (χ1n) is 9.64. The lowest BCUT2D eigenvalue weighted by Crippen LogP contribution is -2.35. The van der Waals surface area contributed by atoms with E-state index in [1.54, 1.807) is 0 Å². The molecule has 5 rings (SSSR count). The number of hydrogen-bond donors (Lipinski definition) is 0. The van der Waals surface area contributed by atoms with Crippen LogP contribution in [0.4, 0.5) is 0 Å². The van der Waals surface area contributed by atoms with Crippen LogP contribution in [0.2, 0.25) is 0 Å². The summed E-state index contributed by atoms with van der Waals surface area (Å²) in [6, 6.07) is 10.8. The topological polar surface area (TPSA) is 39.5 Å². The number of pyridine rings is 1. The van der Waals surface area contributed by atoms with E-state index < -0.39 is 5.79 Å². The lowest BCUT2D eigenvalue weighted by Gasteiger charge is -2.31. The van der Waals surface area contributed by atoms with Crippen molar-refractivity contribution in [1.82, 2.24) is 14.5 Å². The minimum Gasteiger partial charge on any atom is -0.342 e. The number of aryl methyl sites for hydroxylation is 1. The van der Waals surface area contributed by atoms with Crippen molar-refractivity contribution in [1.29, 1.82) is 0 Å². The number of fused-ring (bicyclic) bond motifs is 3. The summed E-state index contributed by atoms with van der Waals surface area (Å²) in [6.07, 6.45) is 4.70. The molecule has 5 nitrogen and oxygen atoms in total. The van der Waals surface area contributed by atoms with Gasteiger partial charge in [-0.3, -0.25) is 4.98 Å². The first kappa shape index (κ1) is 16.9. The van der Waals surface area contributed by atoms with Crippen LogP contribution in [0, 0.1) is 6.92 Å². The third-order valence-electron chi connectivity index (χ3n) is 5.85. The molecule has 0 atom stereocenters. The molecule has 4 heterocycles. The fourth-order valence-corrected chi connectivity index (χ4v) is 4.49. The zero-order valence-corrected chi connectivity index (χ0v) is 15.9. The van der Waals surface area contributed by atoms with E-state index in [-0.39, 0.29) is 0 Å². The van der Waals surface area contributed by atoms with Gasteiger partial charge in [-0.15, -0.1) is 0 Å². The van der Waals surface area contributed by atoms with Crippen LogP contribution >= 0.6 is 0 Å². The van der Waals surface area contributed by atoms with Gasteiger partial charge in [0, 0.05) is 47.6 Å². The highest BCUT2D eigenvalue weighted by Crippen LogP contribution is 2.38. The Kier molecular flexibility index (Phi) is 4.04. The summed E-state index contributed by atoms with van der Waals surface area (Å²) in [5, 5.41) is 1.38. The van der Waals surface area contributed by atoms with Crippen molar-refractivity contribution in [3.63, 3.8) is 0 Å². The molecule has 0 radical (unpaired) electrons. The zero-order chi connectivity index (χ0) is 18.4. The molecule has 2 aliphatic heterocycles. The maximum atomic E-state index is 6.21. The monoisotopic (exact) mass is 363 g/mol. The molecule has 1 fully saturated rings. The second-order valence-corrected chi connectivity index (χ2v) is 7.71. The van der Waals surface area contributed by atoms with Crippen LogP contribution in [-0.2, 0) is 34.8 Å². The van der Waals surface area contributed by atoms with Crippen molar-refractivity contribution in [2.45, 2.75) is 32.2 Å². The van der Waals surface area contributed by atoms with E-state index >= 15 is 0 Å². The summed E-state index contributed by atoms with van der Waals surface area (Å²) in [6.45, 7) is 6.10. The molecule has 2 aromatic heterocycles. The molecule has 1 aromatic carbocycles. The van der Waals surface area contributed by atoms with Crippen LogP contribution in [0.3, 0.4) is 0 Å². The molecule has 27 heavy (non-hydrogen) atoms. The van der Waals surface area contributed by atoms with Gasteiger partial charge in [-0.25, -0.2) is 0 Å². The summed E-state index contributed by atoms with van der Waals surface area (Å²) in [7, 11) is 2.19. The first-order chi connectivity index (χ1) is 13.2. The van der Waals surface area contributed by atoms with Crippen molar-refractivity contribution in [2.75, 3.05) is 26.8 Å². The standard InChI is InChI=1S/C22H25N3O2/c1-16-3-4-20-19(13-16)18-7-10-24(2)14-21(18)25(20)15-22(26-11-12-27-22)17-5-8-23-9-6-17/h3-6,8-9,13H,7,10-12,14-15H2,1-2H3. The Hall–Kier alpha value is -2.21. The molecule has 0 saturated carbocycles. The summed E-state index contributed by atoms with van der Waals surface area (Å²) in [5.41, 5.74) is 6.47. The highest BCUT2D eigenvalue weighted by atomic mass is 16.7. The van der Waals surface area contributed by atoms with Crippen molar-refractivity contribution < 1.29 is 9.47 Å². The average Bonchev–Trinajstić information content (AvgIpc) is 3.27. The zero-order valence-electron chi connectivity index (χ0n) is 15.9. The molecule has 5 heteroatoms. The highest BCUT2D eigenvalue weighted by molar-refractivity contribution is 5.86. The smallest absolute Gasteiger partial charge is 0.213 e. The largest absolute Gasteiger partial charge is 0.342 e. The molecule has 3 aromatic rings. The molecule has 2 aliphatic rings. The molecule has 1 saturated heterocycles. The third-order valence-corrected chi connectivity index (χ3v) is 5.85. The van der Waals surface area contributed by atoms with E-state index in [1.165, 1.54) is 27.7 Å². The van der Waals surface area contributed by atoms with Crippen molar-refractivity contribution >= 4 is 10.9 Å². The van der Waals surface area contributed by atoms with Crippen LogP contribution in [0.5, 0.6) is 0 Å². The lowest BCUT2D eigenvalue weighted by atomic mass is 10.0. The van der Waals surface area contributed by atoms with Gasteiger partial charge >= 0.3 is 0 Å². The summed E-state index contributed by atoms with van der Waals surface area (Å²) < 4.78 is 14.8. The van der Waals surface area contributed by atoms with E-state index in [4.69, 9.17) is 9.47 Å². The van der Waals surface area contributed by atoms with Gasteiger partial charge in [0.15, 0.2) is 0 Å². The molecule has 0 spiro atoms. The summed E-state index contributed by atoms with van der Waals surface area (Å²) >= 11 is 0. The molecule has 0 N–H and O–H groups in total. The van der Waals surface area contributed by atoms with Gasteiger partial charge in [-0.2, -0.15) is 0 Å². The molecule has 0 unspecified atom stereocenters.